The second-order valence-electron chi connectivity index (χ2n) is 9.61. The van der Waals surface area contributed by atoms with Crippen LogP contribution >= 0.6 is 0 Å². The Kier molecular flexibility index (Phi) is 5.90. The maximum absolute atomic E-state index is 13.4. The molecule has 5 rings (SSSR count). The minimum atomic E-state index is -0.197. The van der Waals surface area contributed by atoms with E-state index in [-0.39, 0.29) is 18.2 Å². The molecular weight excluding hydrogens is 424 g/mol. The molecule has 34 heavy (non-hydrogen) atoms. The van der Waals surface area contributed by atoms with Gasteiger partial charge in [0.15, 0.2) is 5.78 Å². The summed E-state index contributed by atoms with van der Waals surface area (Å²) in [4.78, 5) is 30.4. The second-order valence-corrected chi connectivity index (χ2v) is 9.61. The molecule has 0 atom stereocenters. The van der Waals surface area contributed by atoms with Crippen LogP contribution in [-0.4, -0.2) is 33.0 Å². The number of carbonyl (C=O) groups is 2. The lowest BCUT2D eigenvalue weighted by Gasteiger charge is -2.17. The van der Waals surface area contributed by atoms with Crippen LogP contribution in [0, 0.1) is 6.92 Å². The van der Waals surface area contributed by atoms with E-state index in [1.165, 1.54) is 12.8 Å². The maximum atomic E-state index is 13.4. The fraction of sp³-hybridized carbons (Fsp3) is 0.357. The van der Waals surface area contributed by atoms with Crippen LogP contribution in [0.5, 0.6) is 0 Å². The quantitative estimate of drug-likeness (QED) is 0.553. The summed E-state index contributed by atoms with van der Waals surface area (Å²) in [5, 5.41) is 8.54. The molecule has 0 bridgehead atoms. The number of benzene rings is 1. The Morgan fingerprint density at radius 3 is 2.59 bits per heavy atom. The molecule has 1 saturated carbocycles. The number of allylic oxidation sites excluding steroid dienone is 3. The predicted octanol–water partition coefficient (Wildman–Crippen LogP) is 5.49. The zero-order valence-electron chi connectivity index (χ0n) is 20.0. The third-order valence-electron chi connectivity index (χ3n) is 7.02. The lowest BCUT2D eigenvalue weighted by Crippen LogP contribution is -2.29. The number of amides is 1. The van der Waals surface area contributed by atoms with Gasteiger partial charge < -0.3 is 5.32 Å². The fourth-order valence-electron chi connectivity index (χ4n) is 5.17. The molecule has 2 aliphatic carbocycles. The van der Waals surface area contributed by atoms with E-state index in [2.05, 4.69) is 21.0 Å². The van der Waals surface area contributed by atoms with Crippen molar-refractivity contribution in [2.45, 2.75) is 58.9 Å². The lowest BCUT2D eigenvalue weighted by molar-refractivity contribution is -0.115. The third kappa shape index (κ3) is 4.20. The minimum absolute atomic E-state index is 0.0801. The van der Waals surface area contributed by atoms with E-state index in [1.807, 2.05) is 57.4 Å². The Bertz CT molecular complexity index is 1340. The molecule has 0 radical (unpaired) electrons. The Morgan fingerprint density at radius 1 is 1.09 bits per heavy atom. The highest BCUT2D eigenvalue weighted by Gasteiger charge is 2.23. The Hall–Kier alpha value is -3.54. The van der Waals surface area contributed by atoms with Crippen molar-refractivity contribution in [2.75, 3.05) is 6.54 Å². The highest BCUT2D eigenvalue weighted by atomic mass is 16.2. The van der Waals surface area contributed by atoms with E-state index in [0.717, 1.165) is 51.7 Å². The molecule has 6 heteroatoms. The molecule has 2 aromatic heterocycles. The highest BCUT2D eigenvalue weighted by molar-refractivity contribution is 6.08. The summed E-state index contributed by atoms with van der Waals surface area (Å²) in [5.74, 6) is -0.117. The molecule has 6 nitrogen and oxygen atoms in total. The molecule has 0 saturated heterocycles. The molecule has 3 aromatic rings. The topological polar surface area (TPSA) is 76.9 Å². The summed E-state index contributed by atoms with van der Waals surface area (Å²) in [6, 6.07) is 8.41. The van der Waals surface area contributed by atoms with Gasteiger partial charge in [-0.3, -0.25) is 19.3 Å². The monoisotopic (exact) mass is 454 g/mol. The van der Waals surface area contributed by atoms with Crippen molar-refractivity contribution in [3.05, 3.63) is 70.7 Å². The number of nitrogens with zero attached hydrogens (tertiary/aromatic N) is 3. The predicted molar refractivity (Wildman–Crippen MR) is 134 cm³/mol. The van der Waals surface area contributed by atoms with Crippen LogP contribution in [0.3, 0.4) is 0 Å². The lowest BCUT2D eigenvalue weighted by atomic mass is 9.92. The molecule has 1 aromatic carbocycles. The molecule has 174 valence electrons. The van der Waals surface area contributed by atoms with Crippen molar-refractivity contribution < 1.29 is 9.59 Å². The Labute approximate surface area is 199 Å². The van der Waals surface area contributed by atoms with Gasteiger partial charge in [0.1, 0.15) is 0 Å². The van der Waals surface area contributed by atoms with Gasteiger partial charge in [0.05, 0.1) is 23.3 Å². The van der Waals surface area contributed by atoms with Crippen LogP contribution in [0.1, 0.15) is 68.0 Å². The average molecular weight is 455 g/mol. The van der Waals surface area contributed by atoms with Gasteiger partial charge in [-0.1, -0.05) is 30.6 Å². The zero-order valence-corrected chi connectivity index (χ0v) is 20.0. The van der Waals surface area contributed by atoms with Crippen molar-refractivity contribution in [1.29, 1.82) is 0 Å². The van der Waals surface area contributed by atoms with E-state index in [4.69, 9.17) is 5.10 Å². The van der Waals surface area contributed by atoms with E-state index in [0.29, 0.717) is 23.6 Å². The first-order valence-electron chi connectivity index (χ1n) is 12.0. The smallest absolute Gasteiger partial charge is 0.252 e. The summed E-state index contributed by atoms with van der Waals surface area (Å²) >= 11 is 0. The highest BCUT2D eigenvalue weighted by Crippen LogP contribution is 2.34. The molecular formula is C28H30N4O2. The van der Waals surface area contributed by atoms with Crippen LogP contribution in [0.2, 0.25) is 0 Å². The van der Waals surface area contributed by atoms with Gasteiger partial charge in [0.2, 0.25) is 0 Å². The Morgan fingerprint density at radius 2 is 1.88 bits per heavy atom. The number of Topliss-reactive ketones (excluding diaryl/α,β-unsaturated/α-hetero) is 1. The van der Waals surface area contributed by atoms with Crippen LogP contribution in [0.25, 0.3) is 22.0 Å². The number of fused-ring (bicyclic) bond motifs is 1. The summed E-state index contributed by atoms with van der Waals surface area (Å²) in [6.07, 6.45) is 10.7. The number of aromatic nitrogens is 3. The van der Waals surface area contributed by atoms with Gasteiger partial charge in [-0.2, -0.15) is 5.10 Å². The van der Waals surface area contributed by atoms with Crippen molar-refractivity contribution in [3.8, 4) is 11.1 Å². The first kappa shape index (κ1) is 22.3. The van der Waals surface area contributed by atoms with Gasteiger partial charge in [-0.05, 0) is 62.9 Å². The van der Waals surface area contributed by atoms with Crippen LogP contribution in [0.4, 0.5) is 0 Å². The fourth-order valence-corrected chi connectivity index (χ4v) is 5.17. The normalized spacial score (nSPS) is 16.9. The molecule has 0 unspecified atom stereocenters. The average Bonchev–Trinajstić information content (AvgIpc) is 3.47. The molecule has 0 aliphatic heterocycles. The number of ketones is 1. The van der Waals surface area contributed by atoms with Gasteiger partial charge in [-0.15, -0.1) is 0 Å². The van der Waals surface area contributed by atoms with Crippen molar-refractivity contribution >= 4 is 22.6 Å². The summed E-state index contributed by atoms with van der Waals surface area (Å²) in [6.45, 7) is 6.07. The second kappa shape index (κ2) is 9.01. The molecule has 0 spiro atoms. The van der Waals surface area contributed by atoms with Crippen molar-refractivity contribution in [1.82, 2.24) is 20.1 Å². The van der Waals surface area contributed by atoms with Crippen LogP contribution < -0.4 is 5.32 Å². The number of aryl methyl sites for hydroxylation is 1. The summed E-state index contributed by atoms with van der Waals surface area (Å²) in [7, 11) is 0. The third-order valence-corrected chi connectivity index (χ3v) is 7.02. The minimum Gasteiger partial charge on any atom is -0.348 e. The van der Waals surface area contributed by atoms with E-state index >= 15 is 0 Å². The number of nitrogens with one attached hydrogen (secondary N) is 1. The maximum Gasteiger partial charge on any atom is 0.252 e. The van der Waals surface area contributed by atoms with E-state index < -0.39 is 0 Å². The van der Waals surface area contributed by atoms with Gasteiger partial charge in [0, 0.05) is 41.4 Å². The zero-order chi connectivity index (χ0) is 23.8. The summed E-state index contributed by atoms with van der Waals surface area (Å²) in [5.41, 5.74) is 7.05. The number of hydrogen-bond acceptors (Lipinski definition) is 4. The number of hydrogen-bond donors (Lipinski definition) is 1. The summed E-state index contributed by atoms with van der Waals surface area (Å²) < 4.78 is 2.09. The van der Waals surface area contributed by atoms with Gasteiger partial charge >= 0.3 is 0 Å². The Balaban J connectivity index is 1.53. The first-order chi connectivity index (χ1) is 16.4. The molecule has 1 fully saturated rings. The molecule has 2 aliphatic rings. The van der Waals surface area contributed by atoms with E-state index in [1.54, 1.807) is 0 Å². The first-order valence-corrected chi connectivity index (χ1v) is 12.0. The van der Waals surface area contributed by atoms with Gasteiger partial charge in [0.25, 0.3) is 5.91 Å². The number of carbonyl (C=O) groups excluding carboxylic acids is 2. The van der Waals surface area contributed by atoms with Crippen molar-refractivity contribution in [2.24, 2.45) is 0 Å². The van der Waals surface area contributed by atoms with Crippen molar-refractivity contribution in [3.63, 3.8) is 0 Å². The van der Waals surface area contributed by atoms with Crippen LogP contribution in [-0.2, 0) is 4.79 Å². The standard InChI is InChI=1S/C28H30N4O2/c1-17-10-18(2)24(27(33)11-17)15-30-28(34)23-12-21(20-9-8-19(3)29-14-20)13-26-25(23)16-31-32(26)22-6-4-5-7-22/h8-10,12-14,16,22H,4-7,11,15H2,1-3H3,(H,30,34). The van der Waals surface area contributed by atoms with Gasteiger partial charge in [-0.25, -0.2) is 0 Å². The van der Waals surface area contributed by atoms with E-state index in [9.17, 15) is 9.59 Å². The van der Waals surface area contributed by atoms with Crippen LogP contribution in [0.15, 0.2) is 59.5 Å². The molecule has 2 heterocycles. The largest absolute Gasteiger partial charge is 0.348 e. The number of pyridine rings is 1. The number of rotatable bonds is 5. The molecule has 1 amide bonds. The SMILES string of the molecule is CC1=CC(C)=C(CNC(=O)c2cc(-c3ccc(C)nc3)cc3c2cnn3C2CCCC2)C(=O)C1. The molecule has 1 N–H and O–H groups in total.